The second kappa shape index (κ2) is 4.30. The fourth-order valence-corrected chi connectivity index (χ4v) is 1.91. The lowest BCUT2D eigenvalue weighted by molar-refractivity contribution is -0.149. The van der Waals surface area contributed by atoms with Crippen LogP contribution in [0.25, 0.3) is 0 Å². The van der Waals surface area contributed by atoms with E-state index in [0.717, 1.165) is 6.54 Å². The van der Waals surface area contributed by atoms with Gasteiger partial charge in [-0.1, -0.05) is 0 Å². The Hall–Kier alpha value is -0.570. The molecule has 1 aliphatic heterocycles. The second-order valence-corrected chi connectivity index (χ2v) is 4.88. The van der Waals surface area contributed by atoms with E-state index in [-0.39, 0.29) is 17.6 Å². The van der Waals surface area contributed by atoms with Crippen LogP contribution in [0.2, 0.25) is 0 Å². The average molecular weight is 199 g/mol. The van der Waals surface area contributed by atoms with E-state index in [1.807, 2.05) is 13.8 Å². The molecule has 0 spiro atoms. The number of nitrogens with zero attached hydrogens (tertiary/aromatic N) is 1. The van der Waals surface area contributed by atoms with Gasteiger partial charge in [-0.2, -0.15) is 0 Å². The SMILES string of the molecule is CC(C)OC(=O)CN1CCCC1(C)C. The Morgan fingerprint density at radius 3 is 2.57 bits per heavy atom. The van der Waals surface area contributed by atoms with Crippen LogP contribution in [-0.2, 0) is 9.53 Å². The quantitative estimate of drug-likeness (QED) is 0.649. The monoisotopic (exact) mass is 199 g/mol. The van der Waals surface area contributed by atoms with E-state index in [4.69, 9.17) is 4.74 Å². The van der Waals surface area contributed by atoms with E-state index in [1.54, 1.807) is 0 Å². The standard InChI is InChI=1S/C11H21NO2/c1-9(2)14-10(13)8-12-7-5-6-11(12,3)4/h9H,5-8H2,1-4H3. The van der Waals surface area contributed by atoms with Gasteiger partial charge >= 0.3 is 5.97 Å². The summed E-state index contributed by atoms with van der Waals surface area (Å²) in [6, 6.07) is 0. The molecule has 0 saturated carbocycles. The Bertz CT molecular complexity index is 211. The third-order valence-corrected chi connectivity index (χ3v) is 2.76. The van der Waals surface area contributed by atoms with E-state index in [0.29, 0.717) is 6.54 Å². The van der Waals surface area contributed by atoms with Crippen LogP contribution >= 0.6 is 0 Å². The first kappa shape index (κ1) is 11.5. The Kier molecular flexibility index (Phi) is 3.53. The first-order valence-corrected chi connectivity index (χ1v) is 5.36. The van der Waals surface area contributed by atoms with Gasteiger partial charge in [0.05, 0.1) is 12.6 Å². The van der Waals surface area contributed by atoms with E-state index >= 15 is 0 Å². The molecule has 0 radical (unpaired) electrons. The van der Waals surface area contributed by atoms with Gasteiger partial charge in [-0.05, 0) is 47.1 Å². The van der Waals surface area contributed by atoms with E-state index < -0.39 is 0 Å². The largest absolute Gasteiger partial charge is 0.462 e. The van der Waals surface area contributed by atoms with Crippen LogP contribution in [0.3, 0.4) is 0 Å². The van der Waals surface area contributed by atoms with Crippen molar-refractivity contribution < 1.29 is 9.53 Å². The Morgan fingerprint density at radius 2 is 2.14 bits per heavy atom. The molecule has 1 saturated heterocycles. The second-order valence-electron chi connectivity index (χ2n) is 4.88. The van der Waals surface area contributed by atoms with Crippen LogP contribution < -0.4 is 0 Å². The van der Waals surface area contributed by atoms with Gasteiger partial charge in [-0.15, -0.1) is 0 Å². The summed E-state index contributed by atoms with van der Waals surface area (Å²) in [5, 5.41) is 0. The minimum Gasteiger partial charge on any atom is -0.462 e. The topological polar surface area (TPSA) is 29.5 Å². The molecule has 1 rings (SSSR count). The predicted molar refractivity (Wildman–Crippen MR) is 56.1 cm³/mol. The number of esters is 1. The maximum absolute atomic E-state index is 11.4. The number of rotatable bonds is 3. The summed E-state index contributed by atoms with van der Waals surface area (Å²) < 4.78 is 5.12. The highest BCUT2D eigenvalue weighted by Crippen LogP contribution is 2.27. The average Bonchev–Trinajstić information content (AvgIpc) is 2.29. The molecule has 0 unspecified atom stereocenters. The van der Waals surface area contributed by atoms with Gasteiger partial charge in [0.15, 0.2) is 0 Å². The zero-order valence-corrected chi connectivity index (χ0v) is 9.67. The summed E-state index contributed by atoms with van der Waals surface area (Å²) in [4.78, 5) is 13.6. The van der Waals surface area contributed by atoms with Gasteiger partial charge in [-0.3, -0.25) is 9.69 Å². The molecule has 1 aliphatic rings. The smallest absolute Gasteiger partial charge is 0.320 e. The molecule has 0 bridgehead atoms. The van der Waals surface area contributed by atoms with Gasteiger partial charge in [0, 0.05) is 5.54 Å². The van der Waals surface area contributed by atoms with E-state index in [2.05, 4.69) is 18.7 Å². The van der Waals surface area contributed by atoms with Crippen LogP contribution in [0.4, 0.5) is 0 Å². The number of likely N-dealkylation sites (tertiary alicyclic amines) is 1. The van der Waals surface area contributed by atoms with Gasteiger partial charge in [0.25, 0.3) is 0 Å². The van der Waals surface area contributed by atoms with Crippen molar-refractivity contribution in [2.24, 2.45) is 0 Å². The molecule has 0 N–H and O–H groups in total. The number of ether oxygens (including phenoxy) is 1. The molecule has 0 aromatic carbocycles. The third-order valence-electron chi connectivity index (χ3n) is 2.76. The molecule has 1 heterocycles. The summed E-state index contributed by atoms with van der Waals surface area (Å²) in [7, 11) is 0. The lowest BCUT2D eigenvalue weighted by atomic mass is 10.0. The highest BCUT2D eigenvalue weighted by molar-refractivity contribution is 5.72. The fraction of sp³-hybridized carbons (Fsp3) is 0.909. The van der Waals surface area contributed by atoms with Crippen LogP contribution in [0.1, 0.15) is 40.5 Å². The van der Waals surface area contributed by atoms with Crippen molar-refractivity contribution in [2.45, 2.75) is 52.2 Å². The van der Waals surface area contributed by atoms with Crippen molar-refractivity contribution in [3.05, 3.63) is 0 Å². The van der Waals surface area contributed by atoms with Crippen molar-refractivity contribution in [3.8, 4) is 0 Å². The molecule has 1 fully saturated rings. The van der Waals surface area contributed by atoms with E-state index in [9.17, 15) is 4.79 Å². The molecule has 82 valence electrons. The number of carbonyl (C=O) groups excluding carboxylic acids is 1. The summed E-state index contributed by atoms with van der Waals surface area (Å²) in [5.41, 5.74) is 0.163. The summed E-state index contributed by atoms with van der Waals surface area (Å²) in [6.07, 6.45) is 2.34. The highest BCUT2D eigenvalue weighted by Gasteiger charge is 2.33. The first-order chi connectivity index (χ1) is 6.42. The summed E-state index contributed by atoms with van der Waals surface area (Å²) in [6.45, 7) is 9.58. The molecule has 14 heavy (non-hydrogen) atoms. The van der Waals surface area contributed by atoms with Gasteiger partial charge in [0.1, 0.15) is 0 Å². The molecule has 3 nitrogen and oxygen atoms in total. The van der Waals surface area contributed by atoms with Crippen molar-refractivity contribution in [1.29, 1.82) is 0 Å². The predicted octanol–water partition coefficient (Wildman–Crippen LogP) is 1.81. The van der Waals surface area contributed by atoms with Crippen molar-refractivity contribution >= 4 is 5.97 Å². The van der Waals surface area contributed by atoms with Gasteiger partial charge < -0.3 is 4.74 Å². The summed E-state index contributed by atoms with van der Waals surface area (Å²) >= 11 is 0. The number of carbonyl (C=O) groups is 1. The van der Waals surface area contributed by atoms with Crippen molar-refractivity contribution in [1.82, 2.24) is 4.90 Å². The number of hydrogen-bond donors (Lipinski definition) is 0. The Balaban J connectivity index is 2.40. The van der Waals surface area contributed by atoms with Crippen LogP contribution in [0.5, 0.6) is 0 Å². The lowest BCUT2D eigenvalue weighted by Gasteiger charge is -2.30. The summed E-state index contributed by atoms with van der Waals surface area (Å²) in [5.74, 6) is -0.102. The third kappa shape index (κ3) is 2.98. The minimum absolute atomic E-state index is 0.00628. The molecular formula is C11H21NO2. The molecule has 0 atom stereocenters. The zero-order valence-electron chi connectivity index (χ0n) is 9.67. The molecule has 0 aromatic rings. The highest BCUT2D eigenvalue weighted by atomic mass is 16.5. The zero-order chi connectivity index (χ0) is 10.8. The van der Waals surface area contributed by atoms with Crippen LogP contribution in [0, 0.1) is 0 Å². The van der Waals surface area contributed by atoms with Crippen molar-refractivity contribution in [2.75, 3.05) is 13.1 Å². The van der Waals surface area contributed by atoms with Crippen molar-refractivity contribution in [3.63, 3.8) is 0 Å². The Labute approximate surface area is 86.4 Å². The minimum atomic E-state index is -0.102. The maximum Gasteiger partial charge on any atom is 0.320 e. The van der Waals surface area contributed by atoms with E-state index in [1.165, 1.54) is 12.8 Å². The first-order valence-electron chi connectivity index (χ1n) is 5.36. The number of hydrogen-bond acceptors (Lipinski definition) is 3. The molecule has 0 aliphatic carbocycles. The molecule has 0 amide bonds. The van der Waals surface area contributed by atoms with Gasteiger partial charge in [0.2, 0.25) is 0 Å². The van der Waals surface area contributed by atoms with Crippen LogP contribution in [-0.4, -0.2) is 35.6 Å². The normalized spacial score (nSPS) is 21.5. The maximum atomic E-state index is 11.4. The van der Waals surface area contributed by atoms with Crippen LogP contribution in [0.15, 0.2) is 0 Å². The Morgan fingerprint density at radius 1 is 1.50 bits per heavy atom. The molecule has 3 heteroatoms. The van der Waals surface area contributed by atoms with Gasteiger partial charge in [-0.25, -0.2) is 0 Å². The fourth-order valence-electron chi connectivity index (χ4n) is 1.91. The molecule has 0 aromatic heterocycles. The molecular weight excluding hydrogens is 178 g/mol. The lowest BCUT2D eigenvalue weighted by Crippen LogP contribution is -2.42.